The average Bonchev–Trinajstić information content (AvgIpc) is 2.66. The van der Waals surface area contributed by atoms with Crippen LogP contribution in [0, 0.1) is 0 Å². The number of para-hydroxylation sites is 1. The van der Waals surface area contributed by atoms with Crippen LogP contribution in [0.5, 0.6) is 11.5 Å². The van der Waals surface area contributed by atoms with Crippen molar-refractivity contribution in [1.82, 2.24) is 9.78 Å². The minimum atomic E-state index is -0.458. The van der Waals surface area contributed by atoms with E-state index in [1.54, 1.807) is 18.2 Å². The van der Waals surface area contributed by atoms with Crippen LogP contribution in [0.15, 0.2) is 65.5 Å². The lowest BCUT2D eigenvalue weighted by Crippen LogP contribution is -2.26. The SMILES string of the molecule is CCCn1nc(C(=O)Nc2cc(Cl)ccc2Oc2ccccc2)ccc1=O. The standard InChI is InChI=1S/C20H18ClN3O3/c1-2-12-24-19(25)11-9-16(23-24)20(26)22-17-13-14(21)8-10-18(17)27-15-6-4-3-5-7-15/h3-11,13H,2,12H2,1H3,(H,22,26). The molecule has 0 atom stereocenters. The molecule has 0 unspecified atom stereocenters. The molecule has 0 fully saturated rings. The number of benzene rings is 2. The molecule has 1 N–H and O–H groups in total. The highest BCUT2D eigenvalue weighted by atomic mass is 35.5. The fourth-order valence-electron chi connectivity index (χ4n) is 2.43. The van der Waals surface area contributed by atoms with Gasteiger partial charge in [-0.25, -0.2) is 4.68 Å². The molecule has 7 heteroatoms. The first-order valence-electron chi connectivity index (χ1n) is 8.49. The van der Waals surface area contributed by atoms with E-state index in [1.165, 1.54) is 16.8 Å². The van der Waals surface area contributed by atoms with Gasteiger partial charge in [0.25, 0.3) is 11.5 Å². The molecule has 1 amide bonds. The summed E-state index contributed by atoms with van der Waals surface area (Å²) >= 11 is 6.07. The number of aryl methyl sites for hydroxylation is 1. The Morgan fingerprint density at radius 3 is 2.67 bits per heavy atom. The average molecular weight is 384 g/mol. The topological polar surface area (TPSA) is 73.2 Å². The summed E-state index contributed by atoms with van der Waals surface area (Å²) < 4.78 is 7.11. The fourth-order valence-corrected chi connectivity index (χ4v) is 2.60. The van der Waals surface area contributed by atoms with Crippen molar-refractivity contribution in [3.8, 4) is 11.5 Å². The highest BCUT2D eigenvalue weighted by Gasteiger charge is 2.14. The Hall–Kier alpha value is -3.12. The molecule has 0 saturated heterocycles. The summed E-state index contributed by atoms with van der Waals surface area (Å²) in [5.74, 6) is 0.616. The van der Waals surface area contributed by atoms with E-state index in [9.17, 15) is 9.59 Å². The van der Waals surface area contributed by atoms with E-state index < -0.39 is 5.91 Å². The number of hydrogen-bond donors (Lipinski definition) is 1. The molecular formula is C20H18ClN3O3. The summed E-state index contributed by atoms with van der Waals surface area (Å²) in [4.78, 5) is 24.4. The molecule has 0 aliphatic heterocycles. The summed E-state index contributed by atoms with van der Waals surface area (Å²) in [5, 5.41) is 7.32. The van der Waals surface area contributed by atoms with Crippen molar-refractivity contribution < 1.29 is 9.53 Å². The Labute approximate surface area is 161 Å². The number of amides is 1. The van der Waals surface area contributed by atoms with Gasteiger partial charge in [-0.3, -0.25) is 9.59 Å². The van der Waals surface area contributed by atoms with E-state index in [0.717, 1.165) is 6.42 Å². The first kappa shape index (κ1) is 18.7. The third-order valence-electron chi connectivity index (χ3n) is 3.70. The van der Waals surface area contributed by atoms with E-state index in [1.807, 2.05) is 37.3 Å². The van der Waals surface area contributed by atoms with Gasteiger partial charge < -0.3 is 10.1 Å². The van der Waals surface area contributed by atoms with Crippen molar-refractivity contribution in [2.75, 3.05) is 5.32 Å². The second kappa shape index (κ2) is 8.51. The number of carbonyl (C=O) groups excluding carboxylic acids is 1. The number of rotatable bonds is 6. The number of halogens is 1. The Bertz CT molecular complexity index is 1000. The van der Waals surface area contributed by atoms with Gasteiger partial charge in [-0.2, -0.15) is 5.10 Å². The van der Waals surface area contributed by atoms with Crippen molar-refractivity contribution in [3.63, 3.8) is 0 Å². The van der Waals surface area contributed by atoms with E-state index in [2.05, 4.69) is 10.4 Å². The highest BCUT2D eigenvalue weighted by molar-refractivity contribution is 6.31. The van der Waals surface area contributed by atoms with Gasteiger partial charge in [-0.15, -0.1) is 0 Å². The van der Waals surface area contributed by atoms with Crippen LogP contribution in [0.4, 0.5) is 5.69 Å². The number of ether oxygens (including phenoxy) is 1. The normalized spacial score (nSPS) is 10.4. The molecule has 0 aliphatic carbocycles. The third-order valence-corrected chi connectivity index (χ3v) is 3.93. The van der Waals surface area contributed by atoms with Gasteiger partial charge in [0.1, 0.15) is 11.4 Å². The smallest absolute Gasteiger partial charge is 0.276 e. The molecule has 0 radical (unpaired) electrons. The Kier molecular flexibility index (Phi) is 5.88. The number of nitrogens with one attached hydrogen (secondary N) is 1. The second-order valence-electron chi connectivity index (χ2n) is 5.79. The van der Waals surface area contributed by atoms with Crippen molar-refractivity contribution in [1.29, 1.82) is 0 Å². The minimum Gasteiger partial charge on any atom is -0.455 e. The van der Waals surface area contributed by atoms with Gasteiger partial charge in [0.05, 0.1) is 5.69 Å². The van der Waals surface area contributed by atoms with Gasteiger partial charge >= 0.3 is 0 Å². The zero-order chi connectivity index (χ0) is 19.2. The van der Waals surface area contributed by atoms with E-state index in [-0.39, 0.29) is 11.3 Å². The molecule has 0 spiro atoms. The molecule has 0 aliphatic rings. The maximum atomic E-state index is 12.6. The van der Waals surface area contributed by atoms with Crippen LogP contribution in [0.1, 0.15) is 23.8 Å². The molecule has 0 bridgehead atoms. The van der Waals surface area contributed by atoms with Gasteiger partial charge in [-0.1, -0.05) is 36.7 Å². The van der Waals surface area contributed by atoms with Gasteiger partial charge in [0.2, 0.25) is 0 Å². The van der Waals surface area contributed by atoms with Crippen molar-refractivity contribution >= 4 is 23.2 Å². The lowest BCUT2D eigenvalue weighted by molar-refractivity contribution is 0.101. The van der Waals surface area contributed by atoms with E-state index in [4.69, 9.17) is 16.3 Å². The second-order valence-corrected chi connectivity index (χ2v) is 6.23. The first-order valence-corrected chi connectivity index (χ1v) is 8.86. The summed E-state index contributed by atoms with van der Waals surface area (Å²) in [6.07, 6.45) is 0.737. The van der Waals surface area contributed by atoms with Gasteiger partial charge in [0.15, 0.2) is 5.75 Å². The third kappa shape index (κ3) is 4.74. The maximum Gasteiger partial charge on any atom is 0.276 e. The van der Waals surface area contributed by atoms with Crippen LogP contribution < -0.4 is 15.6 Å². The van der Waals surface area contributed by atoms with Crippen molar-refractivity contribution in [2.45, 2.75) is 19.9 Å². The minimum absolute atomic E-state index is 0.133. The number of hydrogen-bond acceptors (Lipinski definition) is 4. The van der Waals surface area contributed by atoms with E-state index >= 15 is 0 Å². The maximum absolute atomic E-state index is 12.6. The molecule has 27 heavy (non-hydrogen) atoms. The molecule has 6 nitrogen and oxygen atoms in total. The number of aromatic nitrogens is 2. The lowest BCUT2D eigenvalue weighted by atomic mass is 10.2. The largest absolute Gasteiger partial charge is 0.455 e. The highest BCUT2D eigenvalue weighted by Crippen LogP contribution is 2.32. The predicted molar refractivity (Wildman–Crippen MR) is 105 cm³/mol. The predicted octanol–water partition coefficient (Wildman–Crippen LogP) is 4.35. The summed E-state index contributed by atoms with van der Waals surface area (Å²) in [7, 11) is 0. The molecular weight excluding hydrogens is 366 g/mol. The summed E-state index contributed by atoms with van der Waals surface area (Å²) in [6.45, 7) is 2.37. The zero-order valence-electron chi connectivity index (χ0n) is 14.7. The van der Waals surface area contributed by atoms with Crippen LogP contribution in [-0.4, -0.2) is 15.7 Å². The zero-order valence-corrected chi connectivity index (χ0v) is 15.4. The number of anilines is 1. The van der Waals surface area contributed by atoms with E-state index in [0.29, 0.717) is 28.8 Å². The monoisotopic (exact) mass is 383 g/mol. The molecule has 1 heterocycles. The van der Waals surface area contributed by atoms with Crippen LogP contribution >= 0.6 is 11.6 Å². The number of nitrogens with zero attached hydrogens (tertiary/aromatic N) is 2. The van der Waals surface area contributed by atoms with Crippen LogP contribution in [-0.2, 0) is 6.54 Å². The molecule has 3 aromatic rings. The fraction of sp³-hybridized carbons (Fsp3) is 0.150. The molecule has 138 valence electrons. The van der Waals surface area contributed by atoms with Gasteiger partial charge in [-0.05, 0) is 42.8 Å². The van der Waals surface area contributed by atoms with Crippen LogP contribution in [0.3, 0.4) is 0 Å². The first-order chi connectivity index (χ1) is 13.1. The molecule has 0 saturated carbocycles. The van der Waals surface area contributed by atoms with Crippen molar-refractivity contribution in [3.05, 3.63) is 81.7 Å². The van der Waals surface area contributed by atoms with Crippen molar-refractivity contribution in [2.24, 2.45) is 0 Å². The van der Waals surface area contributed by atoms with Crippen LogP contribution in [0.2, 0.25) is 5.02 Å². The Balaban J connectivity index is 1.86. The Morgan fingerprint density at radius 1 is 1.15 bits per heavy atom. The molecule has 2 aromatic carbocycles. The molecule has 1 aromatic heterocycles. The quantitative estimate of drug-likeness (QED) is 0.686. The summed E-state index contributed by atoms with van der Waals surface area (Å²) in [5.41, 5.74) is 0.296. The molecule has 3 rings (SSSR count). The lowest BCUT2D eigenvalue weighted by Gasteiger charge is -2.13. The Morgan fingerprint density at radius 2 is 1.93 bits per heavy atom. The summed E-state index contributed by atoms with van der Waals surface area (Å²) in [6, 6.07) is 16.9. The van der Waals surface area contributed by atoms with Gasteiger partial charge in [0, 0.05) is 17.6 Å². The van der Waals surface area contributed by atoms with Crippen LogP contribution in [0.25, 0.3) is 0 Å². The number of carbonyl (C=O) groups is 1.